The third-order valence-corrected chi connectivity index (χ3v) is 5.07. The van der Waals surface area contributed by atoms with E-state index in [1.165, 1.54) is 0 Å². The molecule has 0 aromatic heterocycles. The predicted molar refractivity (Wildman–Crippen MR) is 109 cm³/mol. The molecule has 1 aliphatic heterocycles. The average Bonchev–Trinajstić information content (AvgIpc) is 2.56. The van der Waals surface area contributed by atoms with Gasteiger partial charge in [0.15, 0.2) is 0 Å². The van der Waals surface area contributed by atoms with Gasteiger partial charge in [-0.25, -0.2) is 4.79 Å². The quantitative estimate of drug-likeness (QED) is 0.801. The van der Waals surface area contributed by atoms with Gasteiger partial charge in [0.1, 0.15) is 11.6 Å². The van der Waals surface area contributed by atoms with Gasteiger partial charge in [-0.3, -0.25) is 9.69 Å². The third-order valence-electron chi connectivity index (χ3n) is 5.07. The molecule has 0 unspecified atom stereocenters. The van der Waals surface area contributed by atoms with Crippen LogP contribution in [0.4, 0.5) is 10.5 Å². The Labute approximate surface area is 163 Å². The van der Waals surface area contributed by atoms with E-state index in [-0.39, 0.29) is 5.91 Å². The van der Waals surface area contributed by atoms with Gasteiger partial charge in [0, 0.05) is 12.2 Å². The van der Waals surface area contributed by atoms with E-state index in [1.54, 1.807) is 4.90 Å². The first kappa shape index (κ1) is 21.3. The molecule has 1 N–H and O–H groups in total. The number of hydrogen-bond acceptors (Lipinski definition) is 3. The van der Waals surface area contributed by atoms with Crippen LogP contribution in [0.15, 0.2) is 18.2 Å². The number of aryl methyl sites for hydroxylation is 2. The average molecular weight is 375 g/mol. The summed E-state index contributed by atoms with van der Waals surface area (Å²) in [5, 5.41) is 3.07. The SMILES string of the molecule is CCC[C@H]1CCN(C(=O)OC(C)(C)C)[C@H](C(=O)Nc2c(C)cccc2C)C1. The molecular weight excluding hydrogens is 340 g/mol. The highest BCUT2D eigenvalue weighted by atomic mass is 16.6. The molecule has 5 nitrogen and oxygen atoms in total. The lowest BCUT2D eigenvalue weighted by Crippen LogP contribution is -2.53. The molecular formula is C22H34N2O3. The highest BCUT2D eigenvalue weighted by molar-refractivity contribution is 5.97. The van der Waals surface area contributed by atoms with Crippen molar-refractivity contribution in [2.75, 3.05) is 11.9 Å². The monoisotopic (exact) mass is 374 g/mol. The van der Waals surface area contributed by atoms with Gasteiger partial charge < -0.3 is 10.1 Å². The Balaban J connectivity index is 2.22. The van der Waals surface area contributed by atoms with Crippen LogP contribution in [0.25, 0.3) is 0 Å². The Morgan fingerprint density at radius 2 is 1.85 bits per heavy atom. The third kappa shape index (κ3) is 5.72. The van der Waals surface area contributed by atoms with Crippen LogP contribution in [-0.4, -0.2) is 35.1 Å². The molecule has 1 aromatic rings. The lowest BCUT2D eigenvalue weighted by Gasteiger charge is -2.39. The number of nitrogens with zero attached hydrogens (tertiary/aromatic N) is 1. The van der Waals surface area contributed by atoms with Gasteiger partial charge in [0.05, 0.1) is 0 Å². The van der Waals surface area contributed by atoms with Gasteiger partial charge >= 0.3 is 6.09 Å². The molecule has 2 rings (SSSR count). The van der Waals surface area contributed by atoms with Crippen LogP contribution < -0.4 is 5.32 Å². The summed E-state index contributed by atoms with van der Waals surface area (Å²) in [4.78, 5) is 27.5. The maximum atomic E-state index is 13.1. The molecule has 1 aromatic carbocycles. The van der Waals surface area contributed by atoms with E-state index in [0.717, 1.165) is 36.1 Å². The van der Waals surface area contributed by atoms with E-state index in [0.29, 0.717) is 18.9 Å². The van der Waals surface area contributed by atoms with Crippen LogP contribution in [0.3, 0.4) is 0 Å². The van der Waals surface area contributed by atoms with Crippen molar-refractivity contribution in [3.63, 3.8) is 0 Å². The Morgan fingerprint density at radius 3 is 2.41 bits per heavy atom. The van der Waals surface area contributed by atoms with Crippen molar-refractivity contribution < 1.29 is 14.3 Å². The Hall–Kier alpha value is -2.04. The molecule has 0 radical (unpaired) electrons. The zero-order chi connectivity index (χ0) is 20.2. The van der Waals surface area contributed by atoms with Gasteiger partial charge in [-0.2, -0.15) is 0 Å². The molecule has 1 fully saturated rings. The van der Waals surface area contributed by atoms with Crippen LogP contribution >= 0.6 is 0 Å². The van der Waals surface area contributed by atoms with E-state index in [1.807, 2.05) is 52.8 Å². The Bertz CT molecular complexity index is 658. The Kier molecular flexibility index (Phi) is 6.90. The molecule has 5 heteroatoms. The van der Waals surface area contributed by atoms with Gasteiger partial charge in [-0.1, -0.05) is 38.0 Å². The van der Waals surface area contributed by atoms with E-state index >= 15 is 0 Å². The summed E-state index contributed by atoms with van der Waals surface area (Å²) < 4.78 is 5.56. The van der Waals surface area contributed by atoms with Crippen LogP contribution in [0.1, 0.15) is 64.5 Å². The minimum Gasteiger partial charge on any atom is -0.444 e. The zero-order valence-electron chi connectivity index (χ0n) is 17.6. The van der Waals surface area contributed by atoms with Gasteiger partial charge in [0.25, 0.3) is 0 Å². The molecule has 2 atom stereocenters. The van der Waals surface area contributed by atoms with Crippen LogP contribution in [0.5, 0.6) is 0 Å². The van der Waals surface area contributed by atoms with Crippen molar-refractivity contribution in [3.05, 3.63) is 29.3 Å². The number of carbonyl (C=O) groups excluding carboxylic acids is 2. The first-order valence-electron chi connectivity index (χ1n) is 9.99. The fourth-order valence-electron chi connectivity index (χ4n) is 3.71. The predicted octanol–water partition coefficient (Wildman–Crippen LogP) is 5.06. The minimum absolute atomic E-state index is 0.126. The van der Waals surface area contributed by atoms with Gasteiger partial charge in [0.2, 0.25) is 5.91 Å². The Morgan fingerprint density at radius 1 is 1.22 bits per heavy atom. The van der Waals surface area contributed by atoms with Crippen molar-refractivity contribution in [2.45, 2.75) is 78.9 Å². The summed E-state index contributed by atoms with van der Waals surface area (Å²) in [5.41, 5.74) is 2.30. The molecule has 1 heterocycles. The summed E-state index contributed by atoms with van der Waals surface area (Å²) in [6.45, 7) is 12.2. The first-order chi connectivity index (χ1) is 12.6. The topological polar surface area (TPSA) is 58.6 Å². The lowest BCUT2D eigenvalue weighted by atomic mass is 9.87. The van der Waals surface area contributed by atoms with Crippen LogP contribution in [0, 0.1) is 19.8 Å². The minimum atomic E-state index is -0.578. The second-order valence-corrected chi connectivity index (χ2v) is 8.62. The summed E-state index contributed by atoms with van der Waals surface area (Å²) in [5.74, 6) is 0.335. The number of piperidine rings is 1. The van der Waals surface area contributed by atoms with Crippen LogP contribution in [0.2, 0.25) is 0 Å². The highest BCUT2D eigenvalue weighted by Gasteiger charge is 2.38. The highest BCUT2D eigenvalue weighted by Crippen LogP contribution is 2.29. The fourth-order valence-corrected chi connectivity index (χ4v) is 3.71. The normalized spacial score (nSPS) is 20.3. The number of amides is 2. The number of ether oxygens (including phenoxy) is 1. The summed E-state index contributed by atoms with van der Waals surface area (Å²) >= 11 is 0. The number of para-hydroxylation sites is 1. The van der Waals surface area contributed by atoms with Gasteiger partial charge in [-0.15, -0.1) is 0 Å². The zero-order valence-corrected chi connectivity index (χ0v) is 17.6. The molecule has 27 heavy (non-hydrogen) atoms. The summed E-state index contributed by atoms with van der Waals surface area (Å²) in [7, 11) is 0. The largest absolute Gasteiger partial charge is 0.444 e. The fraction of sp³-hybridized carbons (Fsp3) is 0.636. The molecule has 0 bridgehead atoms. The smallest absolute Gasteiger partial charge is 0.410 e. The lowest BCUT2D eigenvalue weighted by molar-refractivity contribution is -0.123. The first-order valence-corrected chi connectivity index (χ1v) is 9.99. The van der Waals surface area contributed by atoms with Crippen molar-refractivity contribution in [1.82, 2.24) is 4.90 Å². The molecule has 0 spiro atoms. The number of nitrogens with one attached hydrogen (secondary N) is 1. The molecule has 1 saturated heterocycles. The maximum absolute atomic E-state index is 13.1. The van der Waals surface area contributed by atoms with E-state index < -0.39 is 17.7 Å². The number of benzene rings is 1. The standard InChI is InChI=1S/C22H34N2O3/c1-7-9-17-12-13-24(21(26)27-22(4,5)6)18(14-17)20(25)23-19-15(2)10-8-11-16(19)3/h8,10-11,17-18H,7,9,12-14H2,1-6H3,(H,23,25)/t17-,18-/m0/s1. The van der Waals surface area contributed by atoms with Crippen molar-refractivity contribution >= 4 is 17.7 Å². The van der Waals surface area contributed by atoms with E-state index in [2.05, 4.69) is 12.2 Å². The molecule has 0 aliphatic carbocycles. The van der Waals surface area contributed by atoms with Crippen molar-refractivity contribution in [1.29, 1.82) is 0 Å². The van der Waals surface area contributed by atoms with Crippen LogP contribution in [-0.2, 0) is 9.53 Å². The number of likely N-dealkylation sites (tertiary alicyclic amines) is 1. The number of hydrogen-bond donors (Lipinski definition) is 1. The van der Waals surface area contributed by atoms with E-state index in [9.17, 15) is 9.59 Å². The number of anilines is 1. The molecule has 2 amide bonds. The second kappa shape index (κ2) is 8.77. The maximum Gasteiger partial charge on any atom is 0.410 e. The molecule has 150 valence electrons. The van der Waals surface area contributed by atoms with E-state index in [4.69, 9.17) is 4.74 Å². The number of carbonyl (C=O) groups is 2. The molecule has 1 aliphatic rings. The summed E-state index contributed by atoms with van der Waals surface area (Å²) in [6, 6.07) is 5.44. The van der Waals surface area contributed by atoms with Crippen molar-refractivity contribution in [3.8, 4) is 0 Å². The second-order valence-electron chi connectivity index (χ2n) is 8.62. The molecule has 0 saturated carbocycles. The van der Waals surface area contributed by atoms with Gasteiger partial charge in [-0.05, 0) is 64.5 Å². The summed E-state index contributed by atoms with van der Waals surface area (Å²) in [6.07, 6.45) is 3.36. The van der Waals surface area contributed by atoms with Crippen molar-refractivity contribution in [2.24, 2.45) is 5.92 Å². The number of rotatable bonds is 4.